The van der Waals surface area contributed by atoms with E-state index in [-0.39, 0.29) is 11.5 Å². The van der Waals surface area contributed by atoms with E-state index in [1.165, 1.54) is 6.33 Å². The number of aromatic nitrogens is 2. The molecule has 1 atom stereocenters. The summed E-state index contributed by atoms with van der Waals surface area (Å²) in [7, 11) is 4.12. The molecule has 1 rings (SSSR count). The highest BCUT2D eigenvalue weighted by atomic mass is 35.5. The molecule has 5 nitrogen and oxygen atoms in total. The van der Waals surface area contributed by atoms with Gasteiger partial charge in [-0.25, -0.2) is 9.97 Å². The molecule has 0 aliphatic carbocycles. The molecule has 0 aliphatic heterocycles. The zero-order valence-corrected chi connectivity index (χ0v) is 12.4. The maximum atomic E-state index is 6.07. The van der Waals surface area contributed by atoms with Gasteiger partial charge in [-0.05, 0) is 26.4 Å². The second-order valence-electron chi connectivity index (χ2n) is 5.51. The molecule has 0 aromatic carbocycles. The zero-order valence-electron chi connectivity index (χ0n) is 11.7. The second kappa shape index (κ2) is 5.71. The summed E-state index contributed by atoms with van der Waals surface area (Å²) in [5.41, 5.74) is 5.73. The van der Waals surface area contributed by atoms with E-state index in [9.17, 15) is 0 Å². The molecule has 1 heterocycles. The van der Waals surface area contributed by atoms with Crippen LogP contribution < -0.4 is 11.1 Å². The summed E-state index contributed by atoms with van der Waals surface area (Å²) < 4.78 is 0. The predicted octanol–water partition coefficient (Wildman–Crippen LogP) is 2.10. The van der Waals surface area contributed by atoms with Crippen LogP contribution in [0.15, 0.2) is 6.33 Å². The minimum absolute atomic E-state index is 0.0759. The van der Waals surface area contributed by atoms with Crippen LogP contribution in [0.5, 0.6) is 0 Å². The minimum Gasteiger partial charge on any atom is -0.382 e. The van der Waals surface area contributed by atoms with Crippen LogP contribution in [-0.2, 0) is 0 Å². The second-order valence-corrected chi connectivity index (χ2v) is 5.89. The first-order valence-corrected chi connectivity index (χ1v) is 6.29. The molecule has 0 fully saturated rings. The van der Waals surface area contributed by atoms with Crippen molar-refractivity contribution in [3.8, 4) is 0 Å². The summed E-state index contributed by atoms with van der Waals surface area (Å²) in [5.74, 6) is 0.885. The van der Waals surface area contributed by atoms with Gasteiger partial charge in [0.15, 0.2) is 5.82 Å². The molecular weight excluding hydrogens is 250 g/mol. The Labute approximate surface area is 114 Å². The van der Waals surface area contributed by atoms with Crippen LogP contribution in [0.2, 0.25) is 5.02 Å². The minimum atomic E-state index is 0.0759. The lowest BCUT2D eigenvalue weighted by atomic mass is 9.85. The molecule has 18 heavy (non-hydrogen) atoms. The molecule has 0 saturated carbocycles. The molecule has 0 bridgehead atoms. The fraction of sp³-hybridized carbons (Fsp3) is 0.667. The van der Waals surface area contributed by atoms with Gasteiger partial charge in [-0.1, -0.05) is 25.4 Å². The first-order valence-electron chi connectivity index (χ1n) is 5.91. The first kappa shape index (κ1) is 15.0. The van der Waals surface area contributed by atoms with Crippen molar-refractivity contribution in [1.82, 2.24) is 14.9 Å². The molecule has 0 amide bonds. The molecule has 0 spiro atoms. The van der Waals surface area contributed by atoms with Crippen molar-refractivity contribution < 1.29 is 0 Å². The SMILES string of the molecule is C[C@H](Nc1ncnc(N)c1Cl)C(C)(C)CN(C)C. The van der Waals surface area contributed by atoms with Crippen LogP contribution in [0.25, 0.3) is 0 Å². The normalized spacial score (nSPS) is 13.7. The number of nitrogens with one attached hydrogen (secondary N) is 1. The standard InChI is InChI=1S/C12H22ClN5/c1-8(12(2,3)6-18(4)5)17-11-9(13)10(14)15-7-16-11/h7-8H,6H2,1-5H3,(H3,14,15,16,17)/t8-/m0/s1. The van der Waals surface area contributed by atoms with Gasteiger partial charge in [-0.15, -0.1) is 0 Å². The fourth-order valence-corrected chi connectivity index (χ4v) is 1.99. The quantitative estimate of drug-likeness (QED) is 0.858. The van der Waals surface area contributed by atoms with Crippen molar-refractivity contribution in [2.75, 3.05) is 31.7 Å². The number of nitrogen functional groups attached to an aromatic ring is 1. The third kappa shape index (κ3) is 3.71. The highest BCUT2D eigenvalue weighted by Crippen LogP contribution is 2.28. The summed E-state index contributed by atoms with van der Waals surface area (Å²) in [6.45, 7) is 7.46. The van der Waals surface area contributed by atoms with E-state index in [0.29, 0.717) is 16.7 Å². The molecule has 0 radical (unpaired) electrons. The molecule has 1 aromatic heterocycles. The van der Waals surface area contributed by atoms with Crippen molar-refractivity contribution in [2.24, 2.45) is 5.41 Å². The maximum Gasteiger partial charge on any atom is 0.150 e. The molecule has 1 aromatic rings. The van der Waals surface area contributed by atoms with Gasteiger partial charge in [0.05, 0.1) is 0 Å². The lowest BCUT2D eigenvalue weighted by molar-refractivity contribution is 0.217. The number of hydrogen-bond donors (Lipinski definition) is 2. The van der Waals surface area contributed by atoms with E-state index in [2.05, 4.69) is 55.1 Å². The molecule has 6 heteroatoms. The van der Waals surface area contributed by atoms with Gasteiger partial charge < -0.3 is 16.0 Å². The fourth-order valence-electron chi connectivity index (χ4n) is 1.84. The van der Waals surface area contributed by atoms with E-state index in [4.69, 9.17) is 17.3 Å². The lowest BCUT2D eigenvalue weighted by Gasteiger charge is -2.35. The summed E-state index contributed by atoms with van der Waals surface area (Å²) >= 11 is 6.07. The largest absolute Gasteiger partial charge is 0.382 e. The van der Waals surface area contributed by atoms with Crippen LogP contribution in [0, 0.1) is 5.41 Å². The Morgan fingerprint density at radius 3 is 2.61 bits per heavy atom. The molecule has 0 unspecified atom stereocenters. The number of hydrogen-bond acceptors (Lipinski definition) is 5. The molecule has 0 saturated heterocycles. The highest BCUT2D eigenvalue weighted by Gasteiger charge is 2.27. The number of halogens is 1. The zero-order chi connectivity index (χ0) is 13.9. The number of nitrogens with two attached hydrogens (primary N) is 1. The third-order valence-corrected chi connectivity index (χ3v) is 3.44. The van der Waals surface area contributed by atoms with Gasteiger partial charge in [0.25, 0.3) is 0 Å². The summed E-state index contributed by atoms with van der Waals surface area (Å²) in [6.07, 6.45) is 1.41. The van der Waals surface area contributed by atoms with Crippen LogP contribution in [-0.4, -0.2) is 41.5 Å². The Bertz CT molecular complexity index is 405. The van der Waals surface area contributed by atoms with Crippen LogP contribution in [0.3, 0.4) is 0 Å². The maximum absolute atomic E-state index is 6.07. The smallest absolute Gasteiger partial charge is 0.150 e. The monoisotopic (exact) mass is 271 g/mol. The van der Waals surface area contributed by atoms with E-state index in [0.717, 1.165) is 6.54 Å². The van der Waals surface area contributed by atoms with Crippen molar-refractivity contribution in [3.05, 3.63) is 11.3 Å². The number of anilines is 2. The van der Waals surface area contributed by atoms with E-state index in [1.807, 2.05) is 0 Å². The first-order chi connectivity index (χ1) is 8.24. The van der Waals surface area contributed by atoms with Gasteiger partial charge in [0.1, 0.15) is 17.2 Å². The van der Waals surface area contributed by atoms with Gasteiger partial charge in [-0.2, -0.15) is 0 Å². The lowest BCUT2D eigenvalue weighted by Crippen LogP contribution is -2.41. The Hall–Kier alpha value is -1.07. The predicted molar refractivity (Wildman–Crippen MR) is 76.9 cm³/mol. The van der Waals surface area contributed by atoms with Crippen molar-refractivity contribution in [1.29, 1.82) is 0 Å². The average Bonchev–Trinajstić information content (AvgIpc) is 2.22. The van der Waals surface area contributed by atoms with Crippen LogP contribution in [0.1, 0.15) is 20.8 Å². The number of rotatable bonds is 5. The average molecular weight is 272 g/mol. The Morgan fingerprint density at radius 2 is 2.06 bits per heavy atom. The molecule has 102 valence electrons. The Kier molecular flexibility index (Phi) is 4.76. The highest BCUT2D eigenvalue weighted by molar-refractivity contribution is 6.35. The number of nitrogens with zero attached hydrogens (tertiary/aromatic N) is 3. The van der Waals surface area contributed by atoms with Crippen LogP contribution >= 0.6 is 11.6 Å². The van der Waals surface area contributed by atoms with Gasteiger partial charge >= 0.3 is 0 Å². The summed E-state index contributed by atoms with van der Waals surface area (Å²) in [6, 6.07) is 0.201. The molecule has 0 aliphatic rings. The van der Waals surface area contributed by atoms with Crippen molar-refractivity contribution >= 4 is 23.2 Å². The van der Waals surface area contributed by atoms with Gasteiger partial charge in [0, 0.05) is 12.6 Å². The van der Waals surface area contributed by atoms with Crippen molar-refractivity contribution in [2.45, 2.75) is 26.8 Å². The van der Waals surface area contributed by atoms with Crippen LogP contribution in [0.4, 0.5) is 11.6 Å². The van der Waals surface area contributed by atoms with E-state index < -0.39 is 0 Å². The van der Waals surface area contributed by atoms with E-state index in [1.54, 1.807) is 0 Å². The van der Waals surface area contributed by atoms with Gasteiger partial charge in [0.2, 0.25) is 0 Å². The molecular formula is C12H22ClN5. The Balaban J connectivity index is 2.81. The summed E-state index contributed by atoms with van der Waals surface area (Å²) in [5, 5.41) is 3.69. The third-order valence-electron chi connectivity index (χ3n) is 3.07. The topological polar surface area (TPSA) is 67.1 Å². The molecule has 3 N–H and O–H groups in total. The Morgan fingerprint density at radius 1 is 1.44 bits per heavy atom. The van der Waals surface area contributed by atoms with E-state index >= 15 is 0 Å². The summed E-state index contributed by atoms with van der Waals surface area (Å²) in [4.78, 5) is 10.1. The van der Waals surface area contributed by atoms with Crippen molar-refractivity contribution in [3.63, 3.8) is 0 Å². The van der Waals surface area contributed by atoms with Gasteiger partial charge in [-0.3, -0.25) is 0 Å².